The van der Waals surface area contributed by atoms with Gasteiger partial charge in [-0.3, -0.25) is 9.69 Å². The SMILES string of the molecule is O=C(NS(=O)(=O)CC12CC3CC(CC(C3)C1)C2)c1ccc(N2CCN(Cc3cc(OC(F)(F)F)cc(-c4cccc(O)c4)c3)CC2)nn1. The predicted octanol–water partition coefficient (Wildman–Crippen LogP) is 5.35. The Kier molecular flexibility index (Phi) is 8.51. The van der Waals surface area contributed by atoms with E-state index in [0.717, 1.165) is 19.3 Å². The Balaban J connectivity index is 0.951. The van der Waals surface area contributed by atoms with E-state index in [4.69, 9.17) is 0 Å². The van der Waals surface area contributed by atoms with Crippen LogP contribution in [0.3, 0.4) is 0 Å². The molecule has 4 bridgehead atoms. The average Bonchev–Trinajstić information content (AvgIpc) is 2.99. The molecular weight excluding hydrogens is 647 g/mol. The lowest BCUT2D eigenvalue weighted by atomic mass is 9.50. The molecule has 4 aliphatic carbocycles. The number of hydrogen-bond donors (Lipinski definition) is 2. The number of aromatic hydroxyl groups is 1. The number of nitrogens with zero attached hydrogens (tertiary/aromatic N) is 4. The third kappa shape index (κ3) is 7.54. The summed E-state index contributed by atoms with van der Waals surface area (Å²) in [5.41, 5.74) is 1.37. The van der Waals surface area contributed by atoms with Gasteiger partial charge in [0, 0.05) is 32.7 Å². The van der Waals surface area contributed by atoms with E-state index in [9.17, 15) is 31.5 Å². The molecule has 1 saturated heterocycles. The summed E-state index contributed by atoms with van der Waals surface area (Å²) < 4.78 is 71.9. The van der Waals surface area contributed by atoms with E-state index >= 15 is 0 Å². The summed E-state index contributed by atoms with van der Waals surface area (Å²) in [5.74, 6) is 1.21. The zero-order chi connectivity index (χ0) is 33.7. The van der Waals surface area contributed by atoms with Gasteiger partial charge in [-0.25, -0.2) is 13.1 Å². The van der Waals surface area contributed by atoms with Gasteiger partial charge in [0.2, 0.25) is 10.0 Å². The smallest absolute Gasteiger partial charge is 0.508 e. The second-order valence-corrected chi connectivity index (χ2v) is 15.8. The van der Waals surface area contributed by atoms with Crippen LogP contribution in [0.25, 0.3) is 11.1 Å². The van der Waals surface area contributed by atoms with E-state index in [1.54, 1.807) is 24.3 Å². The summed E-state index contributed by atoms with van der Waals surface area (Å²) in [7, 11) is -3.84. The summed E-state index contributed by atoms with van der Waals surface area (Å²) in [6.45, 7) is 2.64. The van der Waals surface area contributed by atoms with Crippen molar-refractivity contribution >= 4 is 21.7 Å². The van der Waals surface area contributed by atoms with Gasteiger partial charge in [0.05, 0.1) is 5.75 Å². The van der Waals surface area contributed by atoms with Crippen molar-refractivity contribution in [3.05, 3.63) is 65.9 Å². The Bertz CT molecular complexity index is 1740. The van der Waals surface area contributed by atoms with Crippen molar-refractivity contribution in [3.8, 4) is 22.6 Å². The topological polar surface area (TPSA) is 125 Å². The quantitative estimate of drug-likeness (QED) is 0.307. The normalized spacial score (nSPS) is 25.6. The van der Waals surface area contributed by atoms with Gasteiger partial charge in [0.1, 0.15) is 11.5 Å². The number of sulfonamides is 1. The van der Waals surface area contributed by atoms with Gasteiger partial charge in [-0.05, 0) is 121 Å². The van der Waals surface area contributed by atoms with Crippen LogP contribution in [0.4, 0.5) is 19.0 Å². The van der Waals surface area contributed by atoms with Crippen molar-refractivity contribution < 1.29 is 36.2 Å². The first-order valence-electron chi connectivity index (χ1n) is 16.3. The molecule has 8 rings (SSSR count). The van der Waals surface area contributed by atoms with Crippen LogP contribution >= 0.6 is 0 Å². The van der Waals surface area contributed by atoms with Crippen molar-refractivity contribution in [2.75, 3.05) is 36.8 Å². The fraction of sp³-hybridized carbons (Fsp3) is 0.500. The minimum absolute atomic E-state index is 0.00145. The van der Waals surface area contributed by atoms with Gasteiger partial charge in [-0.2, -0.15) is 0 Å². The molecule has 1 aromatic heterocycles. The van der Waals surface area contributed by atoms with Gasteiger partial charge < -0.3 is 14.7 Å². The molecule has 5 aliphatic rings. The Morgan fingerprint density at radius 2 is 1.60 bits per heavy atom. The van der Waals surface area contributed by atoms with Crippen molar-refractivity contribution in [2.45, 2.75) is 51.4 Å². The number of nitrogens with one attached hydrogen (secondary N) is 1. The first-order valence-corrected chi connectivity index (χ1v) is 18.0. The number of hydrogen-bond acceptors (Lipinski definition) is 9. The summed E-state index contributed by atoms with van der Waals surface area (Å²) in [4.78, 5) is 17.0. The van der Waals surface area contributed by atoms with Gasteiger partial charge in [-0.15, -0.1) is 23.4 Å². The number of carbonyl (C=O) groups excluding carboxylic acids is 1. The van der Waals surface area contributed by atoms with E-state index in [0.29, 0.717) is 73.0 Å². The highest BCUT2D eigenvalue weighted by Crippen LogP contribution is 2.60. The number of phenols is 1. The van der Waals surface area contributed by atoms with Crippen LogP contribution < -0.4 is 14.4 Å². The highest BCUT2D eigenvalue weighted by molar-refractivity contribution is 7.90. The summed E-state index contributed by atoms with van der Waals surface area (Å²) >= 11 is 0. The Morgan fingerprint density at radius 1 is 0.917 bits per heavy atom. The molecule has 0 unspecified atom stereocenters. The molecule has 0 atom stereocenters. The maximum atomic E-state index is 13.1. The number of phenolic OH excluding ortho intramolecular Hbond substituents is 1. The standard InChI is InChI=1S/C34H38F3N5O5S/c35-34(36,37)47-29-14-25(13-27(16-29)26-2-1-3-28(43)15-26)20-41-6-8-42(9-7-41)31-5-4-30(38-39-31)32(44)40-48(45,46)21-33-17-22-10-23(18-33)12-24(11-22)19-33/h1-5,13-16,22-24,43H,6-12,17-21H2,(H,40,44). The van der Waals surface area contributed by atoms with Crippen molar-refractivity contribution in [1.29, 1.82) is 0 Å². The Labute approximate surface area is 277 Å². The van der Waals surface area contributed by atoms with Crippen LogP contribution in [0.1, 0.15) is 54.6 Å². The molecule has 4 saturated carbocycles. The first-order chi connectivity index (χ1) is 22.8. The van der Waals surface area contributed by atoms with E-state index in [2.05, 4.69) is 24.6 Å². The predicted molar refractivity (Wildman–Crippen MR) is 172 cm³/mol. The van der Waals surface area contributed by atoms with Crippen LogP contribution in [0, 0.1) is 23.2 Å². The molecule has 1 amide bonds. The molecule has 14 heteroatoms. The first kappa shape index (κ1) is 32.6. The molecule has 256 valence electrons. The molecule has 2 N–H and O–H groups in total. The molecule has 1 aliphatic heterocycles. The number of benzene rings is 2. The molecule has 2 heterocycles. The van der Waals surface area contributed by atoms with Gasteiger partial charge in [-0.1, -0.05) is 12.1 Å². The fourth-order valence-electron chi connectivity index (χ4n) is 8.90. The molecule has 0 spiro atoms. The minimum Gasteiger partial charge on any atom is -0.508 e. The number of rotatable bonds is 9. The fourth-order valence-corrected chi connectivity index (χ4v) is 10.5. The molecule has 5 fully saturated rings. The van der Waals surface area contributed by atoms with E-state index < -0.39 is 22.3 Å². The maximum absolute atomic E-state index is 13.1. The van der Waals surface area contributed by atoms with Gasteiger partial charge in [0.25, 0.3) is 5.91 Å². The van der Waals surface area contributed by atoms with E-state index in [1.165, 1.54) is 49.6 Å². The van der Waals surface area contributed by atoms with Gasteiger partial charge in [0.15, 0.2) is 11.5 Å². The third-order valence-corrected chi connectivity index (χ3v) is 11.8. The average molecular weight is 686 g/mol. The second-order valence-electron chi connectivity index (χ2n) is 14.1. The number of ether oxygens (including phenoxy) is 1. The molecule has 2 aromatic carbocycles. The molecule has 48 heavy (non-hydrogen) atoms. The van der Waals surface area contributed by atoms with Crippen LogP contribution in [-0.4, -0.2) is 72.8 Å². The number of halogens is 3. The summed E-state index contributed by atoms with van der Waals surface area (Å²) in [5, 5.41) is 18.1. The van der Waals surface area contributed by atoms with Crippen molar-refractivity contribution in [3.63, 3.8) is 0 Å². The van der Waals surface area contributed by atoms with Crippen LogP contribution in [-0.2, 0) is 16.6 Å². The van der Waals surface area contributed by atoms with Crippen LogP contribution in [0.5, 0.6) is 11.5 Å². The lowest BCUT2D eigenvalue weighted by Gasteiger charge is -2.56. The third-order valence-electron chi connectivity index (χ3n) is 10.3. The Hall–Kier alpha value is -3.91. The molecule has 3 aromatic rings. The highest BCUT2D eigenvalue weighted by Gasteiger charge is 2.52. The number of carbonyl (C=O) groups is 1. The van der Waals surface area contributed by atoms with Crippen molar-refractivity contribution in [2.24, 2.45) is 23.2 Å². The number of alkyl halides is 3. The number of amides is 1. The number of piperazine rings is 1. The van der Waals surface area contributed by atoms with E-state index in [-0.39, 0.29) is 28.4 Å². The van der Waals surface area contributed by atoms with E-state index in [1.807, 2.05) is 4.90 Å². The minimum atomic E-state index is -4.85. The van der Waals surface area contributed by atoms with Crippen LogP contribution in [0.2, 0.25) is 0 Å². The highest BCUT2D eigenvalue weighted by atomic mass is 32.2. The molecule has 0 radical (unpaired) electrons. The number of aromatic nitrogens is 2. The monoisotopic (exact) mass is 685 g/mol. The zero-order valence-corrected chi connectivity index (χ0v) is 27.1. The second kappa shape index (κ2) is 12.5. The summed E-state index contributed by atoms with van der Waals surface area (Å²) in [6.07, 6.45) is 1.55. The van der Waals surface area contributed by atoms with Gasteiger partial charge >= 0.3 is 6.36 Å². The van der Waals surface area contributed by atoms with Crippen molar-refractivity contribution in [1.82, 2.24) is 19.8 Å². The Morgan fingerprint density at radius 3 is 2.21 bits per heavy atom. The summed E-state index contributed by atoms with van der Waals surface area (Å²) in [6, 6.07) is 13.8. The van der Waals surface area contributed by atoms with Crippen LogP contribution in [0.15, 0.2) is 54.6 Å². The zero-order valence-electron chi connectivity index (χ0n) is 26.3. The lowest BCUT2D eigenvalue weighted by Crippen LogP contribution is -2.51. The molecular formula is C34H38F3N5O5S. The maximum Gasteiger partial charge on any atom is 0.573 e. The number of anilines is 1. The molecule has 10 nitrogen and oxygen atoms in total. The lowest BCUT2D eigenvalue weighted by molar-refractivity contribution is -0.274. The largest absolute Gasteiger partial charge is 0.573 e.